The van der Waals surface area contributed by atoms with Crippen molar-refractivity contribution in [2.45, 2.75) is 20.3 Å². The van der Waals surface area contributed by atoms with E-state index < -0.39 is 0 Å². The molecule has 1 aromatic carbocycles. The van der Waals surface area contributed by atoms with Crippen LogP contribution in [0.1, 0.15) is 20.3 Å². The number of amides is 1. The maximum atomic E-state index is 12.2. The van der Waals surface area contributed by atoms with Gasteiger partial charge in [-0.15, -0.1) is 0 Å². The summed E-state index contributed by atoms with van der Waals surface area (Å²) < 4.78 is 0.959. The van der Waals surface area contributed by atoms with Gasteiger partial charge in [0.05, 0.1) is 16.1 Å². The maximum Gasteiger partial charge on any atom is 0.230 e. The third-order valence-electron chi connectivity index (χ3n) is 2.99. The van der Waals surface area contributed by atoms with E-state index in [0.717, 1.165) is 16.6 Å². The number of nitrogens with one attached hydrogen (secondary N) is 1. The van der Waals surface area contributed by atoms with Crippen molar-refractivity contribution in [3.63, 3.8) is 0 Å². The Hall–Kier alpha value is -1.17. The van der Waals surface area contributed by atoms with Crippen molar-refractivity contribution >= 4 is 44.2 Å². The molecule has 3 N–H and O–H groups in total. The van der Waals surface area contributed by atoms with Crippen LogP contribution in [0, 0.1) is 11.8 Å². The molecule has 1 aromatic heterocycles. The number of thiazole rings is 1. The first-order valence-corrected chi connectivity index (χ1v) is 7.76. The van der Waals surface area contributed by atoms with Gasteiger partial charge in [0.15, 0.2) is 5.13 Å². The molecule has 1 amide bonds. The summed E-state index contributed by atoms with van der Waals surface area (Å²) in [6.07, 6.45) is 0.777. The van der Waals surface area contributed by atoms with Crippen LogP contribution in [0.15, 0.2) is 18.2 Å². The number of nitrogens with zero attached hydrogens (tertiary/aromatic N) is 1. The number of carbonyl (C=O) groups is 1. The molecule has 0 bridgehead atoms. The number of anilines is 1. The highest BCUT2D eigenvalue weighted by molar-refractivity contribution is 7.22. The zero-order valence-corrected chi connectivity index (χ0v) is 13.1. The lowest BCUT2D eigenvalue weighted by molar-refractivity contribution is -0.120. The molecule has 2 rings (SSSR count). The van der Waals surface area contributed by atoms with E-state index in [1.54, 1.807) is 6.07 Å². The van der Waals surface area contributed by atoms with Crippen LogP contribution in [-0.2, 0) is 4.79 Å². The fourth-order valence-corrected chi connectivity index (χ4v) is 3.18. The minimum atomic E-state index is -0.175. The Balaban J connectivity index is 2.12. The van der Waals surface area contributed by atoms with Crippen molar-refractivity contribution in [1.82, 2.24) is 4.98 Å². The third kappa shape index (κ3) is 3.69. The van der Waals surface area contributed by atoms with E-state index in [4.69, 9.17) is 17.3 Å². The van der Waals surface area contributed by atoms with Crippen molar-refractivity contribution in [3.05, 3.63) is 23.2 Å². The molecule has 0 aliphatic carbocycles. The summed E-state index contributed by atoms with van der Waals surface area (Å²) in [7, 11) is 0. The summed E-state index contributed by atoms with van der Waals surface area (Å²) in [4.78, 5) is 16.5. The molecule has 1 unspecified atom stereocenters. The Labute approximate surface area is 127 Å². The van der Waals surface area contributed by atoms with Crippen LogP contribution in [0.2, 0.25) is 5.02 Å². The van der Waals surface area contributed by atoms with E-state index in [-0.39, 0.29) is 11.8 Å². The number of benzene rings is 1. The van der Waals surface area contributed by atoms with Crippen LogP contribution in [0.3, 0.4) is 0 Å². The van der Waals surface area contributed by atoms with Gasteiger partial charge in [-0.05, 0) is 30.5 Å². The fourth-order valence-electron chi connectivity index (χ4n) is 2.04. The summed E-state index contributed by atoms with van der Waals surface area (Å²) in [6.45, 7) is 4.51. The number of fused-ring (bicyclic) bond motifs is 1. The summed E-state index contributed by atoms with van der Waals surface area (Å²) in [5, 5.41) is 4.11. The first-order chi connectivity index (χ1) is 9.49. The molecule has 0 aliphatic heterocycles. The minimum absolute atomic E-state index is 0.0636. The molecule has 108 valence electrons. The monoisotopic (exact) mass is 311 g/mol. The number of carbonyl (C=O) groups excluding carboxylic acids is 1. The largest absolute Gasteiger partial charge is 0.330 e. The van der Waals surface area contributed by atoms with E-state index in [1.807, 2.05) is 12.1 Å². The molecule has 2 aromatic rings. The van der Waals surface area contributed by atoms with E-state index in [2.05, 4.69) is 24.1 Å². The van der Waals surface area contributed by atoms with Gasteiger partial charge in [0.25, 0.3) is 0 Å². The molecule has 1 atom stereocenters. The van der Waals surface area contributed by atoms with E-state index in [1.165, 1.54) is 11.3 Å². The fraction of sp³-hybridized carbons (Fsp3) is 0.429. The number of halogens is 1. The Kier molecular flexibility index (Phi) is 4.96. The molecule has 0 saturated heterocycles. The second-order valence-electron chi connectivity index (χ2n) is 5.18. The van der Waals surface area contributed by atoms with Crippen LogP contribution in [0.5, 0.6) is 0 Å². The molecule has 0 fully saturated rings. The predicted octanol–water partition coefficient (Wildman–Crippen LogP) is 3.51. The summed E-state index contributed by atoms with van der Waals surface area (Å²) in [5.41, 5.74) is 6.51. The second-order valence-corrected chi connectivity index (χ2v) is 6.65. The van der Waals surface area contributed by atoms with Crippen molar-refractivity contribution in [1.29, 1.82) is 0 Å². The SMILES string of the molecule is CC(C)CC(CN)C(=O)Nc1nc2ccc(Cl)cc2s1. The lowest BCUT2D eigenvalue weighted by Crippen LogP contribution is -2.30. The standard InChI is InChI=1S/C14H18ClN3OS/c1-8(2)5-9(7-16)13(19)18-14-17-11-4-3-10(15)6-12(11)20-14/h3-4,6,8-9H,5,7,16H2,1-2H3,(H,17,18,19). The molecule has 20 heavy (non-hydrogen) atoms. The van der Waals surface area contributed by atoms with Crippen molar-refractivity contribution in [2.24, 2.45) is 17.6 Å². The summed E-state index contributed by atoms with van der Waals surface area (Å²) >= 11 is 7.36. The van der Waals surface area contributed by atoms with Gasteiger partial charge in [0.2, 0.25) is 5.91 Å². The van der Waals surface area contributed by atoms with E-state index >= 15 is 0 Å². The first kappa shape index (κ1) is 15.2. The van der Waals surface area contributed by atoms with Crippen LogP contribution in [0.4, 0.5) is 5.13 Å². The lowest BCUT2D eigenvalue weighted by atomic mass is 9.96. The molecule has 6 heteroatoms. The predicted molar refractivity (Wildman–Crippen MR) is 85.3 cm³/mol. The van der Waals surface area contributed by atoms with Crippen molar-refractivity contribution in [3.8, 4) is 0 Å². The van der Waals surface area contributed by atoms with Crippen LogP contribution >= 0.6 is 22.9 Å². The molecule has 4 nitrogen and oxygen atoms in total. The minimum Gasteiger partial charge on any atom is -0.330 e. The Morgan fingerprint density at radius 3 is 2.90 bits per heavy atom. The Morgan fingerprint density at radius 1 is 1.50 bits per heavy atom. The zero-order chi connectivity index (χ0) is 14.7. The van der Waals surface area contributed by atoms with Gasteiger partial charge in [0.1, 0.15) is 0 Å². The second kappa shape index (κ2) is 6.52. The van der Waals surface area contributed by atoms with Gasteiger partial charge in [-0.3, -0.25) is 4.79 Å². The number of hydrogen-bond acceptors (Lipinski definition) is 4. The van der Waals surface area contributed by atoms with Crippen LogP contribution < -0.4 is 11.1 Å². The highest BCUT2D eigenvalue weighted by Gasteiger charge is 2.19. The van der Waals surface area contributed by atoms with E-state index in [9.17, 15) is 4.79 Å². The van der Waals surface area contributed by atoms with Gasteiger partial charge in [-0.2, -0.15) is 0 Å². The summed E-state index contributed by atoms with van der Waals surface area (Å²) in [5.74, 6) is 0.195. The van der Waals surface area contributed by atoms with Gasteiger partial charge in [-0.1, -0.05) is 36.8 Å². The van der Waals surface area contributed by atoms with Crippen LogP contribution in [0.25, 0.3) is 10.2 Å². The highest BCUT2D eigenvalue weighted by Crippen LogP contribution is 2.28. The number of nitrogens with two attached hydrogens (primary N) is 1. The van der Waals surface area contributed by atoms with Crippen molar-refractivity contribution in [2.75, 3.05) is 11.9 Å². The Morgan fingerprint density at radius 2 is 2.25 bits per heavy atom. The van der Waals surface area contributed by atoms with Gasteiger partial charge in [-0.25, -0.2) is 4.98 Å². The van der Waals surface area contributed by atoms with E-state index in [0.29, 0.717) is 22.6 Å². The van der Waals surface area contributed by atoms with Gasteiger partial charge in [0, 0.05) is 11.6 Å². The van der Waals surface area contributed by atoms with Gasteiger partial charge < -0.3 is 11.1 Å². The molecule has 0 saturated carbocycles. The molecular weight excluding hydrogens is 294 g/mol. The van der Waals surface area contributed by atoms with Crippen molar-refractivity contribution < 1.29 is 4.79 Å². The zero-order valence-electron chi connectivity index (χ0n) is 11.5. The molecule has 0 spiro atoms. The first-order valence-electron chi connectivity index (χ1n) is 6.56. The number of aromatic nitrogens is 1. The topological polar surface area (TPSA) is 68.0 Å². The lowest BCUT2D eigenvalue weighted by Gasteiger charge is -2.15. The molecule has 1 heterocycles. The third-order valence-corrected chi connectivity index (χ3v) is 4.16. The maximum absolute atomic E-state index is 12.2. The summed E-state index contributed by atoms with van der Waals surface area (Å²) in [6, 6.07) is 5.48. The number of rotatable bonds is 5. The quantitative estimate of drug-likeness (QED) is 0.888. The average Bonchev–Trinajstić information content (AvgIpc) is 2.76. The smallest absolute Gasteiger partial charge is 0.230 e. The Bertz CT molecular complexity index is 611. The highest BCUT2D eigenvalue weighted by atomic mass is 35.5. The molecule has 0 aliphatic rings. The number of hydrogen-bond donors (Lipinski definition) is 2. The van der Waals surface area contributed by atoms with Crippen LogP contribution in [-0.4, -0.2) is 17.4 Å². The normalized spacial score (nSPS) is 12.8. The molecule has 0 radical (unpaired) electrons. The van der Waals surface area contributed by atoms with Gasteiger partial charge >= 0.3 is 0 Å². The average molecular weight is 312 g/mol. The molecular formula is C14H18ClN3OS.